The van der Waals surface area contributed by atoms with E-state index in [1.54, 1.807) is 11.8 Å². The maximum absolute atomic E-state index is 14.1. The SMILES string of the molecule is CCCCSc1nc2n(n1)C(c1ccc(OCc3ccc(C(C)(C)C)cc3)c(OCC)c1)C(C(=O)Nc1cccc(C)c1C)=C(C)N2. The number of benzene rings is 3. The van der Waals surface area contributed by atoms with Gasteiger partial charge in [-0.2, -0.15) is 4.98 Å². The van der Waals surface area contributed by atoms with Gasteiger partial charge in [0.25, 0.3) is 5.91 Å². The van der Waals surface area contributed by atoms with Crippen LogP contribution in [0.25, 0.3) is 0 Å². The number of fused-ring (bicyclic) bond motifs is 1. The van der Waals surface area contributed by atoms with Crippen LogP contribution >= 0.6 is 11.8 Å². The molecular formula is C38H47N5O3S. The Morgan fingerprint density at radius 2 is 1.77 bits per heavy atom. The number of nitrogens with one attached hydrogen (secondary N) is 2. The predicted molar refractivity (Wildman–Crippen MR) is 192 cm³/mol. The molecule has 1 unspecified atom stereocenters. The Labute approximate surface area is 283 Å². The Kier molecular flexibility index (Phi) is 10.6. The van der Waals surface area contributed by atoms with E-state index in [0.717, 1.165) is 52.2 Å². The first-order valence-corrected chi connectivity index (χ1v) is 17.4. The van der Waals surface area contributed by atoms with Gasteiger partial charge in [-0.15, -0.1) is 5.10 Å². The van der Waals surface area contributed by atoms with Crippen LogP contribution in [-0.4, -0.2) is 33.0 Å². The predicted octanol–water partition coefficient (Wildman–Crippen LogP) is 8.99. The first kappa shape index (κ1) is 34.1. The first-order chi connectivity index (χ1) is 22.5. The van der Waals surface area contributed by atoms with Crippen molar-refractivity contribution in [1.82, 2.24) is 14.8 Å². The van der Waals surface area contributed by atoms with Gasteiger partial charge in [0.05, 0.1) is 12.2 Å². The first-order valence-electron chi connectivity index (χ1n) is 16.4. The molecule has 3 aromatic carbocycles. The van der Waals surface area contributed by atoms with Crippen molar-refractivity contribution < 1.29 is 14.3 Å². The van der Waals surface area contributed by atoms with E-state index in [2.05, 4.69) is 62.6 Å². The topological polar surface area (TPSA) is 90.3 Å². The van der Waals surface area contributed by atoms with Gasteiger partial charge in [0, 0.05) is 17.1 Å². The van der Waals surface area contributed by atoms with Crippen molar-refractivity contribution in [2.75, 3.05) is 23.0 Å². The lowest BCUT2D eigenvalue weighted by Gasteiger charge is -2.29. The number of rotatable bonds is 12. The highest BCUT2D eigenvalue weighted by atomic mass is 32.2. The number of carbonyl (C=O) groups excluding carboxylic acids is 1. The van der Waals surface area contributed by atoms with Gasteiger partial charge in [0.15, 0.2) is 11.5 Å². The minimum atomic E-state index is -0.539. The van der Waals surface area contributed by atoms with E-state index in [9.17, 15) is 4.79 Å². The lowest BCUT2D eigenvalue weighted by atomic mass is 9.87. The number of ether oxygens (including phenoxy) is 2. The summed E-state index contributed by atoms with van der Waals surface area (Å²) in [6, 6.07) is 19.8. The maximum Gasteiger partial charge on any atom is 0.255 e. The second-order valence-corrected chi connectivity index (χ2v) is 14.1. The van der Waals surface area contributed by atoms with E-state index in [1.165, 1.54) is 5.56 Å². The molecule has 1 aromatic heterocycles. The van der Waals surface area contributed by atoms with Gasteiger partial charge >= 0.3 is 0 Å². The summed E-state index contributed by atoms with van der Waals surface area (Å²) in [5, 5.41) is 12.1. The third-order valence-corrected chi connectivity index (χ3v) is 9.38. The maximum atomic E-state index is 14.1. The van der Waals surface area contributed by atoms with Gasteiger partial charge in [0.2, 0.25) is 11.1 Å². The number of carbonyl (C=O) groups is 1. The molecule has 5 rings (SSSR count). The van der Waals surface area contributed by atoms with E-state index in [1.807, 2.05) is 68.8 Å². The van der Waals surface area contributed by atoms with Gasteiger partial charge in [-0.3, -0.25) is 4.79 Å². The number of hydrogen-bond donors (Lipinski definition) is 2. The molecule has 0 aliphatic carbocycles. The molecule has 0 spiro atoms. The molecule has 1 aliphatic rings. The second kappa shape index (κ2) is 14.7. The van der Waals surface area contributed by atoms with Crippen LogP contribution in [0.1, 0.15) is 88.2 Å². The molecule has 4 aromatic rings. The van der Waals surface area contributed by atoms with Crippen LogP contribution in [0.2, 0.25) is 0 Å². The molecule has 0 saturated heterocycles. The zero-order valence-corrected chi connectivity index (χ0v) is 29.7. The fourth-order valence-corrected chi connectivity index (χ4v) is 6.44. The number of amides is 1. The van der Waals surface area contributed by atoms with Gasteiger partial charge in [-0.1, -0.05) is 88.3 Å². The van der Waals surface area contributed by atoms with Crippen molar-refractivity contribution in [3.63, 3.8) is 0 Å². The van der Waals surface area contributed by atoms with Crippen molar-refractivity contribution in [3.05, 3.63) is 99.8 Å². The highest BCUT2D eigenvalue weighted by molar-refractivity contribution is 7.99. The van der Waals surface area contributed by atoms with Crippen molar-refractivity contribution in [1.29, 1.82) is 0 Å². The van der Waals surface area contributed by atoms with Gasteiger partial charge < -0.3 is 20.1 Å². The average Bonchev–Trinajstić information content (AvgIpc) is 3.44. The summed E-state index contributed by atoms with van der Waals surface area (Å²) in [6.07, 6.45) is 2.17. The molecule has 0 bridgehead atoms. The number of thioether (sulfide) groups is 1. The lowest BCUT2D eigenvalue weighted by Crippen LogP contribution is -2.31. The minimum Gasteiger partial charge on any atom is -0.490 e. The van der Waals surface area contributed by atoms with Crippen LogP contribution in [0.3, 0.4) is 0 Å². The fraction of sp³-hybridized carbons (Fsp3) is 0.395. The summed E-state index contributed by atoms with van der Waals surface area (Å²) in [6.45, 7) is 17.6. The summed E-state index contributed by atoms with van der Waals surface area (Å²) in [4.78, 5) is 18.9. The normalized spacial score (nSPS) is 14.4. The summed E-state index contributed by atoms with van der Waals surface area (Å²) >= 11 is 1.63. The van der Waals surface area contributed by atoms with E-state index in [4.69, 9.17) is 19.6 Å². The van der Waals surface area contributed by atoms with Gasteiger partial charge in [0.1, 0.15) is 12.6 Å². The Hall–Kier alpha value is -4.24. The highest BCUT2D eigenvalue weighted by Gasteiger charge is 2.35. The molecule has 1 atom stereocenters. The molecule has 248 valence electrons. The van der Waals surface area contributed by atoms with Crippen LogP contribution in [0.15, 0.2) is 77.1 Å². The Bertz CT molecular complexity index is 1750. The average molecular weight is 654 g/mol. The largest absolute Gasteiger partial charge is 0.490 e. The fourth-order valence-electron chi connectivity index (χ4n) is 5.52. The quantitative estimate of drug-likeness (QED) is 0.117. The summed E-state index contributed by atoms with van der Waals surface area (Å²) in [5.74, 6) is 2.58. The molecular weight excluding hydrogens is 607 g/mol. The van der Waals surface area contributed by atoms with E-state index < -0.39 is 6.04 Å². The van der Waals surface area contributed by atoms with E-state index in [-0.39, 0.29) is 11.3 Å². The number of aryl methyl sites for hydroxylation is 1. The molecule has 1 amide bonds. The second-order valence-electron chi connectivity index (χ2n) is 13.0. The van der Waals surface area contributed by atoms with Crippen molar-refractivity contribution in [2.24, 2.45) is 0 Å². The summed E-state index contributed by atoms with van der Waals surface area (Å²) in [5.41, 5.74) is 7.50. The van der Waals surface area contributed by atoms with E-state index in [0.29, 0.717) is 41.4 Å². The monoisotopic (exact) mass is 653 g/mol. The molecule has 8 nitrogen and oxygen atoms in total. The number of unbranched alkanes of at least 4 members (excludes halogenated alkanes) is 1. The van der Waals surface area contributed by atoms with Crippen LogP contribution in [0.4, 0.5) is 11.6 Å². The summed E-state index contributed by atoms with van der Waals surface area (Å²) in [7, 11) is 0. The zero-order valence-electron chi connectivity index (χ0n) is 28.9. The molecule has 0 fully saturated rings. The van der Waals surface area contributed by atoms with Crippen LogP contribution in [0, 0.1) is 13.8 Å². The number of aromatic nitrogens is 3. The molecule has 0 radical (unpaired) electrons. The third kappa shape index (κ3) is 7.84. The van der Waals surface area contributed by atoms with Crippen LogP contribution in [-0.2, 0) is 16.8 Å². The lowest BCUT2D eigenvalue weighted by molar-refractivity contribution is -0.113. The highest BCUT2D eigenvalue weighted by Crippen LogP contribution is 2.40. The Balaban J connectivity index is 1.50. The van der Waals surface area contributed by atoms with Crippen molar-refractivity contribution >= 4 is 29.3 Å². The molecule has 0 saturated carbocycles. The van der Waals surface area contributed by atoms with Crippen LogP contribution in [0.5, 0.6) is 11.5 Å². The standard InChI is InChI=1S/C38H47N5O3S/c1-9-11-21-47-37-41-36-39-26(5)33(35(44)40-30-14-12-13-24(3)25(30)4)34(43(36)42-37)28-17-20-31(32(22-28)45-10-2)46-23-27-15-18-29(19-16-27)38(6,7)8/h12-20,22,34H,9-11,21,23H2,1-8H3,(H,40,44)(H,39,41,42). The van der Waals surface area contributed by atoms with Gasteiger partial charge in [-0.05, 0) is 85.5 Å². The summed E-state index contributed by atoms with van der Waals surface area (Å²) < 4.78 is 14.2. The molecule has 47 heavy (non-hydrogen) atoms. The zero-order chi connectivity index (χ0) is 33.7. The molecule has 1 aliphatic heterocycles. The Morgan fingerprint density at radius 3 is 2.47 bits per heavy atom. The molecule has 9 heteroatoms. The number of hydrogen-bond acceptors (Lipinski definition) is 7. The minimum absolute atomic E-state index is 0.0896. The van der Waals surface area contributed by atoms with Crippen molar-refractivity contribution in [3.8, 4) is 11.5 Å². The van der Waals surface area contributed by atoms with E-state index >= 15 is 0 Å². The number of anilines is 2. The van der Waals surface area contributed by atoms with Gasteiger partial charge in [-0.25, -0.2) is 4.68 Å². The Morgan fingerprint density at radius 1 is 1.00 bits per heavy atom. The molecule has 2 N–H and O–H groups in total. The molecule has 2 heterocycles. The van der Waals surface area contributed by atoms with Crippen molar-refractivity contribution in [2.45, 2.75) is 91.5 Å². The smallest absolute Gasteiger partial charge is 0.255 e. The third-order valence-electron chi connectivity index (χ3n) is 8.46. The van der Waals surface area contributed by atoms with Crippen LogP contribution < -0.4 is 20.1 Å². The number of allylic oxidation sites excluding steroid dienone is 1. The number of nitrogens with zero attached hydrogens (tertiary/aromatic N) is 3.